The number of carbonyl (C=O) groups is 1. The highest BCUT2D eigenvalue weighted by atomic mass is 35.5. The molecule has 0 aromatic heterocycles. The van der Waals surface area contributed by atoms with Crippen LogP contribution in [0.3, 0.4) is 0 Å². The van der Waals surface area contributed by atoms with E-state index in [1.165, 1.54) is 11.6 Å². The Morgan fingerprint density at radius 2 is 1.71 bits per heavy atom. The lowest BCUT2D eigenvalue weighted by atomic mass is 9.80. The molecule has 6 heteroatoms. The van der Waals surface area contributed by atoms with Crippen molar-refractivity contribution in [3.05, 3.63) is 51.0 Å². The van der Waals surface area contributed by atoms with Gasteiger partial charge in [-0.25, -0.2) is 0 Å². The van der Waals surface area contributed by atoms with E-state index in [0.717, 1.165) is 18.4 Å². The first-order valence-corrected chi connectivity index (χ1v) is 12.8. The van der Waals surface area contributed by atoms with Crippen LogP contribution in [0, 0.1) is 0 Å². The number of anilines is 1. The van der Waals surface area contributed by atoms with Gasteiger partial charge in [-0.2, -0.15) is 0 Å². The van der Waals surface area contributed by atoms with Crippen molar-refractivity contribution in [3.8, 4) is 11.5 Å². The molecule has 0 radical (unpaired) electrons. The first-order chi connectivity index (χ1) is 15.7. The van der Waals surface area contributed by atoms with Crippen molar-refractivity contribution in [3.63, 3.8) is 0 Å². The first-order valence-electron chi connectivity index (χ1n) is 12.0. The predicted molar refractivity (Wildman–Crippen MR) is 144 cm³/mol. The topological polar surface area (TPSA) is 58.6 Å². The molecule has 1 atom stereocenters. The summed E-state index contributed by atoms with van der Waals surface area (Å²) < 4.78 is 6.36. The molecule has 0 aliphatic carbocycles. The van der Waals surface area contributed by atoms with Gasteiger partial charge in [0.15, 0.2) is 11.9 Å². The van der Waals surface area contributed by atoms with Crippen LogP contribution in [0.25, 0.3) is 0 Å². The Labute approximate surface area is 215 Å². The molecule has 2 aromatic rings. The monoisotopic (exact) mass is 507 g/mol. The predicted octanol–water partition coefficient (Wildman–Crippen LogP) is 8.43. The molecule has 2 aromatic carbocycles. The highest BCUT2D eigenvalue weighted by molar-refractivity contribution is 6.37. The molecular formula is C28H39Cl2NO3. The fraction of sp³-hybridized carbons (Fsp3) is 0.536. The lowest BCUT2D eigenvalue weighted by Crippen LogP contribution is -2.34. The van der Waals surface area contributed by atoms with E-state index < -0.39 is 6.10 Å². The normalized spacial score (nSPS) is 13.0. The summed E-state index contributed by atoms with van der Waals surface area (Å²) in [5, 5.41) is 13.9. The maximum absolute atomic E-state index is 13.3. The Balaban J connectivity index is 2.42. The molecule has 2 rings (SSSR count). The molecule has 34 heavy (non-hydrogen) atoms. The van der Waals surface area contributed by atoms with E-state index in [0.29, 0.717) is 29.2 Å². The van der Waals surface area contributed by atoms with Crippen LogP contribution in [0.2, 0.25) is 10.0 Å². The van der Waals surface area contributed by atoms with Crippen LogP contribution >= 0.6 is 23.2 Å². The zero-order valence-corrected chi connectivity index (χ0v) is 23.2. The minimum absolute atomic E-state index is 0.00175. The smallest absolute Gasteiger partial charge is 0.265 e. The summed E-state index contributed by atoms with van der Waals surface area (Å²) in [4.78, 5) is 13.3. The Bertz CT molecular complexity index is 1020. The second-order valence-corrected chi connectivity index (χ2v) is 11.6. The maximum atomic E-state index is 13.3. The molecule has 1 amide bonds. The third-order valence-electron chi connectivity index (χ3n) is 5.93. The van der Waals surface area contributed by atoms with Crippen LogP contribution in [-0.2, 0) is 22.0 Å². The van der Waals surface area contributed by atoms with E-state index in [2.05, 4.69) is 65.9 Å². The van der Waals surface area contributed by atoms with Crippen molar-refractivity contribution in [2.75, 3.05) is 5.32 Å². The maximum Gasteiger partial charge on any atom is 0.265 e. The van der Waals surface area contributed by atoms with Gasteiger partial charge < -0.3 is 15.2 Å². The van der Waals surface area contributed by atoms with Crippen LogP contribution in [0.15, 0.2) is 24.3 Å². The van der Waals surface area contributed by atoms with E-state index >= 15 is 0 Å². The summed E-state index contributed by atoms with van der Waals surface area (Å²) >= 11 is 12.6. The molecule has 0 aliphatic heterocycles. The van der Waals surface area contributed by atoms with Crippen molar-refractivity contribution in [2.45, 2.75) is 98.0 Å². The number of phenols is 1. The number of phenolic OH excluding ortho intramolecular Hbond substituents is 1. The quantitative estimate of drug-likeness (QED) is 0.352. The van der Waals surface area contributed by atoms with Gasteiger partial charge in [-0.1, -0.05) is 97.1 Å². The van der Waals surface area contributed by atoms with Crippen LogP contribution in [0.4, 0.5) is 5.69 Å². The number of nitrogens with one attached hydrogen (secondary N) is 1. The van der Waals surface area contributed by atoms with Crippen LogP contribution in [-0.4, -0.2) is 17.1 Å². The van der Waals surface area contributed by atoms with Gasteiger partial charge in [0, 0.05) is 5.02 Å². The van der Waals surface area contributed by atoms with Gasteiger partial charge in [0.25, 0.3) is 5.91 Å². The van der Waals surface area contributed by atoms with Gasteiger partial charge in [-0.3, -0.25) is 4.79 Å². The van der Waals surface area contributed by atoms with Crippen molar-refractivity contribution < 1.29 is 14.6 Å². The molecule has 1 unspecified atom stereocenters. The number of benzene rings is 2. The Morgan fingerprint density at radius 3 is 2.24 bits per heavy atom. The molecule has 0 spiro atoms. The van der Waals surface area contributed by atoms with Gasteiger partial charge in [-0.15, -0.1) is 0 Å². The number of hydrogen-bond acceptors (Lipinski definition) is 3. The first kappa shape index (κ1) is 28.3. The van der Waals surface area contributed by atoms with Gasteiger partial charge in [0.2, 0.25) is 0 Å². The molecule has 188 valence electrons. The molecule has 0 saturated carbocycles. The number of carbonyl (C=O) groups excluding carboxylic acids is 1. The fourth-order valence-corrected chi connectivity index (χ4v) is 4.48. The summed E-state index contributed by atoms with van der Waals surface area (Å²) in [5.74, 6) is 0.161. The Kier molecular flexibility index (Phi) is 9.35. The minimum atomic E-state index is -0.732. The molecule has 4 nitrogen and oxygen atoms in total. The lowest BCUT2D eigenvalue weighted by molar-refractivity contribution is -0.123. The highest BCUT2D eigenvalue weighted by Gasteiger charge is 2.28. The number of amides is 1. The fourth-order valence-electron chi connectivity index (χ4n) is 3.75. The third-order valence-corrected chi connectivity index (χ3v) is 6.68. The third kappa shape index (κ3) is 6.82. The number of rotatable bonds is 8. The number of ether oxygens (including phenoxy) is 1. The minimum Gasteiger partial charge on any atom is -0.504 e. The summed E-state index contributed by atoms with van der Waals surface area (Å²) in [6.45, 7) is 16.9. The SMILES string of the molecule is CCCCC(Oc1ccc(C(C)(C)C)cc1C(C)(C)C)C(=O)Nc1cc(Cl)c(CC)c(Cl)c1O. The summed E-state index contributed by atoms with van der Waals surface area (Å²) in [6.07, 6.45) is 2.13. The molecule has 0 saturated heterocycles. The van der Waals surface area contributed by atoms with Crippen LogP contribution in [0.5, 0.6) is 11.5 Å². The summed E-state index contributed by atoms with van der Waals surface area (Å²) in [6, 6.07) is 7.75. The van der Waals surface area contributed by atoms with Crippen molar-refractivity contribution in [1.82, 2.24) is 0 Å². The molecule has 0 fully saturated rings. The zero-order chi connectivity index (χ0) is 25.8. The Hall–Kier alpha value is -1.91. The van der Waals surface area contributed by atoms with E-state index in [-0.39, 0.29) is 33.2 Å². The lowest BCUT2D eigenvalue weighted by Gasteiger charge is -2.29. The van der Waals surface area contributed by atoms with Crippen molar-refractivity contribution >= 4 is 34.8 Å². The van der Waals surface area contributed by atoms with E-state index in [1.54, 1.807) is 0 Å². The highest BCUT2D eigenvalue weighted by Crippen LogP contribution is 2.40. The number of unbranched alkanes of at least 4 members (excludes halogenated alkanes) is 1. The number of aromatic hydroxyl groups is 1. The second-order valence-electron chi connectivity index (χ2n) is 10.8. The molecule has 0 heterocycles. The Morgan fingerprint density at radius 1 is 1.06 bits per heavy atom. The number of hydrogen-bond donors (Lipinski definition) is 2. The van der Waals surface area contributed by atoms with Gasteiger partial charge in [0.1, 0.15) is 5.75 Å². The van der Waals surface area contributed by atoms with E-state index in [9.17, 15) is 9.90 Å². The average molecular weight is 509 g/mol. The van der Waals surface area contributed by atoms with E-state index in [1.807, 2.05) is 13.0 Å². The molecule has 0 aliphatic rings. The summed E-state index contributed by atoms with van der Waals surface area (Å²) in [5.41, 5.74) is 2.92. The molecular weight excluding hydrogens is 469 g/mol. The second kappa shape index (κ2) is 11.2. The molecule has 2 N–H and O–H groups in total. The largest absolute Gasteiger partial charge is 0.504 e. The standard InChI is InChI=1S/C28H39Cl2NO3/c1-9-11-12-23(26(33)31-21-16-20(29)18(10-2)24(30)25(21)32)34-22-14-13-17(27(3,4)5)15-19(22)28(6,7)8/h13-16,23,32H,9-12H2,1-8H3,(H,31,33). The average Bonchev–Trinajstić information content (AvgIpc) is 2.73. The van der Waals surface area contributed by atoms with Crippen molar-refractivity contribution in [1.29, 1.82) is 0 Å². The van der Waals surface area contributed by atoms with Gasteiger partial charge in [-0.05, 0) is 58.9 Å². The zero-order valence-electron chi connectivity index (χ0n) is 21.7. The summed E-state index contributed by atoms with van der Waals surface area (Å²) in [7, 11) is 0. The van der Waals surface area contributed by atoms with Crippen molar-refractivity contribution in [2.24, 2.45) is 0 Å². The number of halogens is 2. The van der Waals surface area contributed by atoms with E-state index in [4.69, 9.17) is 27.9 Å². The van der Waals surface area contributed by atoms with Gasteiger partial charge >= 0.3 is 0 Å². The van der Waals surface area contributed by atoms with Gasteiger partial charge in [0.05, 0.1) is 10.7 Å². The van der Waals surface area contributed by atoms with Crippen LogP contribution in [0.1, 0.15) is 91.3 Å². The van der Waals surface area contributed by atoms with Crippen LogP contribution < -0.4 is 10.1 Å². The molecule has 0 bridgehead atoms.